The Kier molecular flexibility index (Phi) is 6.67. The molecule has 6 heteroatoms. The second kappa shape index (κ2) is 8.05. The SMILES string of the molecule is CC(=O)NCCN(CCN1CCOCC1)C(C)=O. The molecule has 1 aliphatic heterocycles. The molecule has 0 aliphatic carbocycles. The molecular weight excluding hydrogens is 234 g/mol. The van der Waals surface area contributed by atoms with Gasteiger partial charge in [-0.1, -0.05) is 0 Å². The average molecular weight is 257 g/mol. The van der Waals surface area contributed by atoms with Crippen LogP contribution in [0.5, 0.6) is 0 Å². The van der Waals surface area contributed by atoms with Crippen LogP contribution in [0.25, 0.3) is 0 Å². The molecule has 0 bridgehead atoms. The van der Waals surface area contributed by atoms with Crippen molar-refractivity contribution in [3.63, 3.8) is 0 Å². The molecule has 1 fully saturated rings. The fraction of sp³-hybridized carbons (Fsp3) is 0.833. The third-order valence-electron chi connectivity index (χ3n) is 2.99. The van der Waals surface area contributed by atoms with Gasteiger partial charge in [0, 0.05) is 53.1 Å². The van der Waals surface area contributed by atoms with E-state index in [9.17, 15) is 9.59 Å². The van der Waals surface area contributed by atoms with Crippen LogP contribution in [0.3, 0.4) is 0 Å². The second-order valence-electron chi connectivity index (χ2n) is 4.44. The molecule has 1 saturated heterocycles. The summed E-state index contributed by atoms with van der Waals surface area (Å²) in [5.41, 5.74) is 0. The first kappa shape index (κ1) is 14.9. The van der Waals surface area contributed by atoms with E-state index in [0.717, 1.165) is 32.8 Å². The molecule has 1 heterocycles. The predicted octanol–water partition coefficient (Wildman–Crippen LogP) is -0.697. The highest BCUT2D eigenvalue weighted by Crippen LogP contribution is 1.98. The van der Waals surface area contributed by atoms with Gasteiger partial charge in [-0.2, -0.15) is 0 Å². The van der Waals surface area contributed by atoms with Crippen molar-refractivity contribution >= 4 is 11.8 Å². The minimum absolute atomic E-state index is 0.0496. The first-order valence-electron chi connectivity index (χ1n) is 6.39. The summed E-state index contributed by atoms with van der Waals surface area (Å²) in [6.07, 6.45) is 0. The summed E-state index contributed by atoms with van der Waals surface area (Å²) in [4.78, 5) is 26.3. The highest BCUT2D eigenvalue weighted by molar-refractivity contribution is 5.74. The van der Waals surface area contributed by atoms with Crippen molar-refractivity contribution in [1.82, 2.24) is 15.1 Å². The van der Waals surface area contributed by atoms with Crippen LogP contribution < -0.4 is 5.32 Å². The van der Waals surface area contributed by atoms with Crippen molar-refractivity contribution in [2.45, 2.75) is 13.8 Å². The number of carbonyl (C=O) groups excluding carboxylic acids is 2. The Morgan fingerprint density at radius 2 is 1.89 bits per heavy atom. The normalized spacial score (nSPS) is 16.3. The number of nitrogens with one attached hydrogen (secondary N) is 1. The minimum atomic E-state index is -0.0633. The van der Waals surface area contributed by atoms with Crippen LogP contribution in [0.1, 0.15) is 13.8 Å². The Labute approximate surface area is 108 Å². The number of amides is 2. The molecule has 0 aromatic heterocycles. The summed E-state index contributed by atoms with van der Waals surface area (Å²) in [5, 5.41) is 2.70. The van der Waals surface area contributed by atoms with E-state index in [1.54, 1.807) is 11.8 Å². The van der Waals surface area contributed by atoms with Gasteiger partial charge in [0.15, 0.2) is 0 Å². The fourth-order valence-corrected chi connectivity index (χ4v) is 1.88. The molecule has 18 heavy (non-hydrogen) atoms. The van der Waals surface area contributed by atoms with Crippen LogP contribution in [-0.4, -0.2) is 74.1 Å². The van der Waals surface area contributed by atoms with Gasteiger partial charge in [-0.05, 0) is 0 Å². The van der Waals surface area contributed by atoms with Crippen molar-refractivity contribution in [2.24, 2.45) is 0 Å². The zero-order valence-electron chi connectivity index (χ0n) is 11.3. The lowest BCUT2D eigenvalue weighted by Crippen LogP contribution is -2.44. The monoisotopic (exact) mass is 257 g/mol. The number of morpholine rings is 1. The molecule has 0 unspecified atom stereocenters. The molecule has 2 amide bonds. The van der Waals surface area contributed by atoms with Gasteiger partial charge in [0.1, 0.15) is 0 Å². The van der Waals surface area contributed by atoms with Crippen LogP contribution in [0.2, 0.25) is 0 Å². The quantitative estimate of drug-likeness (QED) is 0.684. The van der Waals surface area contributed by atoms with Gasteiger partial charge in [0.25, 0.3) is 0 Å². The van der Waals surface area contributed by atoms with Crippen LogP contribution in [0.4, 0.5) is 0 Å². The number of rotatable bonds is 6. The zero-order valence-corrected chi connectivity index (χ0v) is 11.3. The van der Waals surface area contributed by atoms with Gasteiger partial charge in [-0.3, -0.25) is 14.5 Å². The van der Waals surface area contributed by atoms with Crippen molar-refractivity contribution in [3.05, 3.63) is 0 Å². The first-order chi connectivity index (χ1) is 8.59. The minimum Gasteiger partial charge on any atom is -0.379 e. The molecule has 0 atom stereocenters. The van der Waals surface area contributed by atoms with Crippen LogP contribution in [0.15, 0.2) is 0 Å². The lowest BCUT2D eigenvalue weighted by Gasteiger charge is -2.29. The van der Waals surface area contributed by atoms with Crippen molar-refractivity contribution in [2.75, 3.05) is 52.5 Å². The zero-order chi connectivity index (χ0) is 13.4. The Morgan fingerprint density at radius 1 is 1.22 bits per heavy atom. The predicted molar refractivity (Wildman–Crippen MR) is 68.2 cm³/mol. The summed E-state index contributed by atoms with van der Waals surface area (Å²) >= 11 is 0. The lowest BCUT2D eigenvalue weighted by atomic mass is 10.3. The van der Waals surface area contributed by atoms with Gasteiger partial charge in [-0.15, -0.1) is 0 Å². The van der Waals surface area contributed by atoms with E-state index in [1.807, 2.05) is 0 Å². The molecule has 1 aliphatic rings. The molecular formula is C12H23N3O3. The molecule has 104 valence electrons. The van der Waals surface area contributed by atoms with Crippen LogP contribution >= 0.6 is 0 Å². The van der Waals surface area contributed by atoms with Crippen molar-refractivity contribution in [1.29, 1.82) is 0 Å². The largest absolute Gasteiger partial charge is 0.379 e. The summed E-state index contributed by atoms with van der Waals surface area (Å²) < 4.78 is 5.28. The molecule has 0 aromatic carbocycles. The lowest BCUT2D eigenvalue weighted by molar-refractivity contribution is -0.129. The molecule has 1 N–H and O–H groups in total. The van der Waals surface area contributed by atoms with Crippen molar-refractivity contribution < 1.29 is 14.3 Å². The summed E-state index contributed by atoms with van der Waals surface area (Å²) in [6, 6.07) is 0. The third-order valence-corrected chi connectivity index (χ3v) is 2.99. The van der Waals surface area contributed by atoms with E-state index in [0.29, 0.717) is 19.6 Å². The number of ether oxygens (including phenoxy) is 1. The van der Waals surface area contributed by atoms with E-state index in [4.69, 9.17) is 4.74 Å². The van der Waals surface area contributed by atoms with Crippen LogP contribution in [0, 0.1) is 0 Å². The topological polar surface area (TPSA) is 61.9 Å². The number of nitrogens with zero attached hydrogens (tertiary/aromatic N) is 2. The molecule has 6 nitrogen and oxygen atoms in total. The highest BCUT2D eigenvalue weighted by Gasteiger charge is 2.13. The smallest absolute Gasteiger partial charge is 0.219 e. The standard InChI is InChI=1S/C12H23N3O3/c1-11(16)13-3-4-15(12(2)17)6-5-14-7-9-18-10-8-14/h3-10H2,1-2H3,(H,13,16). The van der Waals surface area contributed by atoms with E-state index in [-0.39, 0.29) is 11.8 Å². The number of carbonyl (C=O) groups is 2. The van der Waals surface area contributed by atoms with Gasteiger partial charge >= 0.3 is 0 Å². The summed E-state index contributed by atoms with van der Waals surface area (Å²) in [5.74, 6) is -0.0136. The Hall–Kier alpha value is -1.14. The van der Waals surface area contributed by atoms with E-state index >= 15 is 0 Å². The maximum absolute atomic E-state index is 11.5. The Balaban J connectivity index is 2.24. The molecule has 1 rings (SSSR count). The Bertz CT molecular complexity index is 278. The number of hydrogen-bond donors (Lipinski definition) is 1. The number of hydrogen-bond acceptors (Lipinski definition) is 4. The molecule has 0 spiro atoms. The highest BCUT2D eigenvalue weighted by atomic mass is 16.5. The van der Waals surface area contributed by atoms with Crippen LogP contribution in [-0.2, 0) is 14.3 Å². The van der Waals surface area contributed by atoms with E-state index < -0.39 is 0 Å². The van der Waals surface area contributed by atoms with E-state index in [2.05, 4.69) is 10.2 Å². The van der Waals surface area contributed by atoms with Gasteiger partial charge < -0.3 is 15.0 Å². The molecule has 0 aromatic rings. The first-order valence-corrected chi connectivity index (χ1v) is 6.39. The maximum atomic E-state index is 11.5. The van der Waals surface area contributed by atoms with Gasteiger partial charge in [-0.25, -0.2) is 0 Å². The average Bonchev–Trinajstić information content (AvgIpc) is 2.34. The van der Waals surface area contributed by atoms with Crippen molar-refractivity contribution in [3.8, 4) is 0 Å². The molecule has 0 saturated carbocycles. The van der Waals surface area contributed by atoms with E-state index in [1.165, 1.54) is 6.92 Å². The van der Waals surface area contributed by atoms with Gasteiger partial charge in [0.05, 0.1) is 13.2 Å². The maximum Gasteiger partial charge on any atom is 0.219 e. The Morgan fingerprint density at radius 3 is 2.44 bits per heavy atom. The molecule has 0 radical (unpaired) electrons. The second-order valence-corrected chi connectivity index (χ2v) is 4.44. The van der Waals surface area contributed by atoms with Gasteiger partial charge in [0.2, 0.25) is 11.8 Å². The third kappa shape index (κ3) is 5.97. The fourth-order valence-electron chi connectivity index (χ4n) is 1.88. The summed E-state index contributed by atoms with van der Waals surface area (Å²) in [6.45, 7) is 9.08. The summed E-state index contributed by atoms with van der Waals surface area (Å²) in [7, 11) is 0.